The summed E-state index contributed by atoms with van der Waals surface area (Å²) in [7, 11) is 0. The summed E-state index contributed by atoms with van der Waals surface area (Å²) in [5.74, 6) is -3.74. The van der Waals surface area contributed by atoms with Gasteiger partial charge in [-0.2, -0.15) is 0 Å². The maximum Gasteiger partial charge on any atom is 0.364 e. The molecule has 10 heteroatoms. The molecule has 2 heterocycles. The van der Waals surface area contributed by atoms with Crippen LogP contribution in [-0.4, -0.2) is 70.7 Å². The first-order chi connectivity index (χ1) is 14.2. The van der Waals surface area contributed by atoms with Gasteiger partial charge in [0.1, 0.15) is 0 Å². The van der Waals surface area contributed by atoms with E-state index < -0.39 is 23.5 Å². The fourth-order valence-electron chi connectivity index (χ4n) is 2.79. The summed E-state index contributed by atoms with van der Waals surface area (Å²) in [4.78, 5) is 22.2. The van der Waals surface area contributed by atoms with Crippen molar-refractivity contribution in [1.82, 2.24) is 0 Å². The molecule has 2 saturated heterocycles. The Labute approximate surface area is 183 Å². The number of hydrogen-bond donors (Lipinski definition) is 2. The van der Waals surface area contributed by atoms with E-state index in [9.17, 15) is 9.59 Å². The molecule has 0 saturated carbocycles. The molecule has 0 unspecified atom stereocenters. The van der Waals surface area contributed by atoms with Crippen LogP contribution in [0.25, 0.3) is 0 Å². The number of hydrogen-bond acceptors (Lipinski definition) is 8. The molecule has 0 radical (unpaired) electrons. The molecule has 2 fully saturated rings. The van der Waals surface area contributed by atoms with E-state index >= 15 is 0 Å². The third-order valence-corrected chi connectivity index (χ3v) is 7.44. The van der Waals surface area contributed by atoms with Gasteiger partial charge in [0.05, 0.1) is 36.9 Å². The van der Waals surface area contributed by atoms with Gasteiger partial charge in [0.15, 0.2) is 0 Å². The molecule has 30 heavy (non-hydrogen) atoms. The number of benzene rings is 1. The number of thioether (sulfide) groups is 2. The van der Waals surface area contributed by atoms with Gasteiger partial charge in [-0.3, -0.25) is 0 Å². The molecular weight excluding hydrogens is 432 g/mol. The summed E-state index contributed by atoms with van der Waals surface area (Å²) in [6.45, 7) is 4.21. The second-order valence-corrected chi connectivity index (χ2v) is 10.0. The zero-order valence-electron chi connectivity index (χ0n) is 16.9. The summed E-state index contributed by atoms with van der Waals surface area (Å²) in [5, 5.41) is 18.4. The van der Waals surface area contributed by atoms with Crippen LogP contribution >= 0.6 is 23.5 Å². The van der Waals surface area contributed by atoms with E-state index in [0.717, 1.165) is 11.5 Å². The molecule has 0 spiro atoms. The number of aliphatic carboxylic acids is 2. The van der Waals surface area contributed by atoms with Crippen molar-refractivity contribution >= 4 is 35.5 Å². The lowest BCUT2D eigenvalue weighted by Crippen LogP contribution is -2.48. The Bertz CT molecular complexity index is 675. The fraction of sp³-hybridized carbons (Fsp3) is 0.600. The Morgan fingerprint density at radius 2 is 1.10 bits per heavy atom. The number of carboxylic acids is 2. The summed E-state index contributed by atoms with van der Waals surface area (Å²) >= 11 is 3.36. The van der Waals surface area contributed by atoms with Gasteiger partial charge in [0.25, 0.3) is 11.6 Å². The molecule has 0 atom stereocenters. The average molecular weight is 459 g/mol. The highest BCUT2D eigenvalue weighted by atomic mass is 32.2. The minimum atomic E-state index is -1.54. The first-order valence-corrected chi connectivity index (χ1v) is 11.6. The average Bonchev–Trinajstić information content (AvgIpc) is 2.73. The molecule has 0 bridgehead atoms. The normalized spacial score (nSPS) is 31.9. The zero-order chi connectivity index (χ0) is 21.8. The van der Waals surface area contributed by atoms with Gasteiger partial charge in [0.2, 0.25) is 0 Å². The lowest BCUT2D eigenvalue weighted by molar-refractivity contribution is -0.255. The Morgan fingerprint density at radius 3 is 1.37 bits per heavy atom. The predicted octanol–water partition coefficient (Wildman–Crippen LogP) is 2.59. The maximum absolute atomic E-state index is 11.1. The Morgan fingerprint density at radius 1 is 0.800 bits per heavy atom. The summed E-state index contributed by atoms with van der Waals surface area (Å²) in [5.41, 5.74) is 2.34. The van der Waals surface area contributed by atoms with Gasteiger partial charge in [-0.05, 0) is 11.1 Å². The van der Waals surface area contributed by atoms with Crippen molar-refractivity contribution in [3.05, 3.63) is 35.4 Å². The van der Waals surface area contributed by atoms with Gasteiger partial charge < -0.3 is 29.2 Å². The minimum absolute atomic E-state index is 0.0930. The highest BCUT2D eigenvalue weighted by Crippen LogP contribution is 2.29. The van der Waals surface area contributed by atoms with Crippen LogP contribution in [0.3, 0.4) is 0 Å². The highest BCUT2D eigenvalue weighted by molar-refractivity contribution is 7.99. The third kappa shape index (κ3) is 5.89. The van der Waals surface area contributed by atoms with Crippen molar-refractivity contribution in [2.75, 3.05) is 26.4 Å². The molecule has 2 aliphatic heterocycles. The number of carbonyl (C=O) groups is 2. The summed E-state index contributed by atoms with van der Waals surface area (Å²) in [6.07, 6.45) is 0. The van der Waals surface area contributed by atoms with Crippen molar-refractivity contribution in [1.29, 1.82) is 0 Å². The quantitative estimate of drug-likeness (QED) is 0.603. The van der Waals surface area contributed by atoms with Crippen LogP contribution in [0.15, 0.2) is 24.3 Å². The highest BCUT2D eigenvalue weighted by Gasteiger charge is 2.41. The van der Waals surface area contributed by atoms with Gasteiger partial charge in [-0.1, -0.05) is 24.3 Å². The molecule has 0 aliphatic carbocycles. The van der Waals surface area contributed by atoms with Crippen LogP contribution < -0.4 is 0 Å². The predicted molar refractivity (Wildman–Crippen MR) is 112 cm³/mol. The lowest BCUT2D eigenvalue weighted by Gasteiger charge is -2.34. The van der Waals surface area contributed by atoms with Gasteiger partial charge in [-0.15, -0.1) is 23.5 Å². The topological polar surface area (TPSA) is 112 Å². The lowest BCUT2D eigenvalue weighted by atomic mass is 10.2. The monoisotopic (exact) mass is 458 g/mol. The molecule has 0 amide bonds. The number of rotatable bonds is 8. The van der Waals surface area contributed by atoms with Crippen LogP contribution in [-0.2, 0) is 40.0 Å². The molecule has 0 aromatic heterocycles. The van der Waals surface area contributed by atoms with Crippen molar-refractivity contribution < 1.29 is 38.7 Å². The van der Waals surface area contributed by atoms with E-state index in [1.165, 1.54) is 25.0 Å². The van der Waals surface area contributed by atoms with Gasteiger partial charge in [-0.25, -0.2) is 9.59 Å². The van der Waals surface area contributed by atoms with E-state index in [0.29, 0.717) is 26.4 Å². The van der Waals surface area contributed by atoms with E-state index in [-0.39, 0.29) is 10.5 Å². The number of carboxylic acid groups (broad SMARTS) is 2. The van der Waals surface area contributed by atoms with Crippen LogP contribution in [0.1, 0.15) is 25.0 Å². The van der Waals surface area contributed by atoms with E-state index in [2.05, 4.69) is 24.3 Å². The Balaban J connectivity index is 1.38. The molecule has 1 aromatic carbocycles. The molecule has 1 aromatic rings. The SMILES string of the molecule is CC1(C(=O)O)OCC(SCc2ccc(CSC3COC(C)(C(=O)O)OC3)cc2)CO1. The molecule has 8 nitrogen and oxygen atoms in total. The largest absolute Gasteiger partial charge is 0.477 e. The van der Waals surface area contributed by atoms with Crippen LogP contribution in [0.4, 0.5) is 0 Å². The Kier molecular flexibility index (Phi) is 7.70. The maximum atomic E-state index is 11.1. The first-order valence-electron chi connectivity index (χ1n) is 9.54. The van der Waals surface area contributed by atoms with Crippen molar-refractivity contribution in [2.45, 2.75) is 47.4 Å². The molecule has 3 rings (SSSR count). The van der Waals surface area contributed by atoms with Crippen molar-refractivity contribution in [3.63, 3.8) is 0 Å². The fourth-order valence-corrected chi connectivity index (χ4v) is 4.68. The van der Waals surface area contributed by atoms with Crippen LogP contribution in [0.5, 0.6) is 0 Å². The van der Waals surface area contributed by atoms with E-state index in [1.807, 2.05) is 0 Å². The number of ether oxygens (including phenoxy) is 4. The second kappa shape index (κ2) is 9.88. The van der Waals surface area contributed by atoms with E-state index in [4.69, 9.17) is 29.2 Å². The van der Waals surface area contributed by atoms with Gasteiger partial charge in [0, 0.05) is 25.4 Å². The first kappa shape index (κ1) is 23.4. The van der Waals surface area contributed by atoms with Crippen molar-refractivity contribution in [3.8, 4) is 0 Å². The molecular formula is C20H26O8S2. The van der Waals surface area contributed by atoms with Crippen molar-refractivity contribution in [2.24, 2.45) is 0 Å². The summed E-state index contributed by atoms with van der Waals surface area (Å²) in [6, 6.07) is 8.29. The molecule has 166 valence electrons. The second-order valence-electron chi connectivity index (χ2n) is 7.43. The molecule has 2 aliphatic rings. The molecule has 2 N–H and O–H groups in total. The van der Waals surface area contributed by atoms with Gasteiger partial charge >= 0.3 is 11.9 Å². The zero-order valence-corrected chi connectivity index (χ0v) is 18.5. The Hall–Kier alpha value is -1.30. The summed E-state index contributed by atoms with van der Waals surface area (Å²) < 4.78 is 21.5. The minimum Gasteiger partial charge on any atom is -0.477 e. The van der Waals surface area contributed by atoms with Crippen LogP contribution in [0.2, 0.25) is 0 Å². The van der Waals surface area contributed by atoms with E-state index in [1.54, 1.807) is 23.5 Å². The van der Waals surface area contributed by atoms with Crippen LogP contribution in [0, 0.1) is 0 Å². The third-order valence-electron chi connectivity index (χ3n) is 4.95. The smallest absolute Gasteiger partial charge is 0.364 e. The standard InChI is InChI=1S/C20H26O8S2/c1-19(17(21)22)25-7-15(8-26-19)29-11-13-3-5-14(6-4-13)12-30-16-9-27-20(2,18(23)24)28-10-16/h3-6,15-16H,7-12H2,1-2H3,(H,21,22)(H,23,24).